The number of nitrogens with zero attached hydrogens (tertiary/aromatic N) is 2. The third-order valence-corrected chi connectivity index (χ3v) is 3.34. The van der Waals surface area contributed by atoms with Gasteiger partial charge in [-0.25, -0.2) is 4.98 Å². The normalized spacial score (nSPS) is 10.4. The number of aromatic nitrogens is 1. The Hall–Kier alpha value is -2.07. The lowest BCUT2D eigenvalue weighted by Crippen LogP contribution is -2.19. The van der Waals surface area contributed by atoms with Crippen LogP contribution >= 0.6 is 0 Å². The molecule has 0 unspecified atom stereocenters. The summed E-state index contributed by atoms with van der Waals surface area (Å²) in [7, 11) is 3.75. The van der Waals surface area contributed by atoms with E-state index in [0.717, 1.165) is 42.5 Å². The first-order valence-electron chi connectivity index (χ1n) is 7.24. The van der Waals surface area contributed by atoms with Gasteiger partial charge in [0.2, 0.25) is 0 Å². The van der Waals surface area contributed by atoms with Crippen molar-refractivity contribution in [1.29, 1.82) is 0 Å². The molecule has 0 spiro atoms. The molecule has 0 saturated heterocycles. The molecular weight excluding hydrogens is 262 g/mol. The zero-order chi connectivity index (χ0) is 15.1. The Morgan fingerprint density at radius 3 is 2.71 bits per heavy atom. The van der Waals surface area contributed by atoms with Gasteiger partial charge in [-0.05, 0) is 24.7 Å². The Balaban J connectivity index is 2.10. The lowest BCUT2D eigenvalue weighted by molar-refractivity contribution is 0.409. The van der Waals surface area contributed by atoms with E-state index in [4.69, 9.17) is 4.74 Å². The maximum absolute atomic E-state index is 5.40. The maximum atomic E-state index is 5.40. The first kappa shape index (κ1) is 15.3. The molecule has 0 atom stereocenters. The molecule has 2 rings (SSSR count). The number of anilines is 1. The monoisotopic (exact) mass is 285 g/mol. The standard InChI is InChI=1S/C17H23N3O/c1-4-18-12-15-9-7-11-17(19-15)20(2)13-14-8-5-6-10-16(14)21-3/h5-11,18H,4,12-13H2,1-3H3. The fourth-order valence-corrected chi connectivity index (χ4v) is 2.20. The van der Waals surface area contributed by atoms with Crippen LogP contribution in [0.15, 0.2) is 42.5 Å². The van der Waals surface area contributed by atoms with Crippen molar-refractivity contribution in [2.75, 3.05) is 25.6 Å². The van der Waals surface area contributed by atoms with Crippen LogP contribution in [0.1, 0.15) is 18.2 Å². The summed E-state index contributed by atoms with van der Waals surface area (Å²) in [5.41, 5.74) is 2.21. The fourth-order valence-electron chi connectivity index (χ4n) is 2.20. The quantitative estimate of drug-likeness (QED) is 0.849. The average molecular weight is 285 g/mol. The van der Waals surface area contributed by atoms with E-state index in [1.165, 1.54) is 0 Å². The Bertz CT molecular complexity index is 571. The number of para-hydroxylation sites is 1. The molecule has 1 N–H and O–H groups in total. The van der Waals surface area contributed by atoms with E-state index in [-0.39, 0.29) is 0 Å². The van der Waals surface area contributed by atoms with E-state index in [0.29, 0.717) is 0 Å². The van der Waals surface area contributed by atoms with Gasteiger partial charge in [-0.15, -0.1) is 0 Å². The van der Waals surface area contributed by atoms with Gasteiger partial charge in [0.15, 0.2) is 0 Å². The summed E-state index contributed by atoms with van der Waals surface area (Å²) < 4.78 is 5.40. The second kappa shape index (κ2) is 7.64. The predicted molar refractivity (Wildman–Crippen MR) is 86.7 cm³/mol. The number of methoxy groups -OCH3 is 1. The van der Waals surface area contributed by atoms with Crippen LogP contribution in [0.25, 0.3) is 0 Å². The summed E-state index contributed by atoms with van der Waals surface area (Å²) in [6.45, 7) is 4.61. The van der Waals surface area contributed by atoms with Crippen molar-refractivity contribution in [3.8, 4) is 5.75 Å². The molecule has 0 aliphatic rings. The van der Waals surface area contributed by atoms with Crippen molar-refractivity contribution in [3.63, 3.8) is 0 Å². The molecule has 0 fully saturated rings. The Morgan fingerprint density at radius 1 is 1.14 bits per heavy atom. The van der Waals surface area contributed by atoms with Crippen molar-refractivity contribution >= 4 is 5.82 Å². The van der Waals surface area contributed by atoms with Crippen LogP contribution in [0, 0.1) is 0 Å². The number of hydrogen-bond donors (Lipinski definition) is 1. The molecule has 112 valence electrons. The molecule has 0 bridgehead atoms. The van der Waals surface area contributed by atoms with E-state index < -0.39 is 0 Å². The highest BCUT2D eigenvalue weighted by Crippen LogP contribution is 2.21. The minimum Gasteiger partial charge on any atom is -0.496 e. The zero-order valence-corrected chi connectivity index (χ0v) is 13.0. The predicted octanol–water partition coefficient (Wildman–Crippen LogP) is 2.84. The minimum atomic E-state index is 0.766. The van der Waals surface area contributed by atoms with Crippen LogP contribution in [0.4, 0.5) is 5.82 Å². The third kappa shape index (κ3) is 4.20. The molecule has 4 nitrogen and oxygen atoms in total. The summed E-state index contributed by atoms with van der Waals surface area (Å²) in [5.74, 6) is 1.88. The smallest absolute Gasteiger partial charge is 0.128 e. The summed E-state index contributed by atoms with van der Waals surface area (Å²) in [6.07, 6.45) is 0. The van der Waals surface area contributed by atoms with Crippen molar-refractivity contribution < 1.29 is 4.74 Å². The van der Waals surface area contributed by atoms with E-state index in [2.05, 4.69) is 28.2 Å². The van der Waals surface area contributed by atoms with Crippen molar-refractivity contribution in [2.24, 2.45) is 0 Å². The highest BCUT2D eigenvalue weighted by molar-refractivity contribution is 5.42. The second-order valence-electron chi connectivity index (χ2n) is 4.94. The van der Waals surface area contributed by atoms with E-state index >= 15 is 0 Å². The molecule has 0 radical (unpaired) electrons. The Labute approximate surface area is 126 Å². The largest absolute Gasteiger partial charge is 0.496 e. The summed E-state index contributed by atoms with van der Waals surface area (Å²) in [6, 6.07) is 14.2. The molecular formula is C17H23N3O. The molecule has 1 heterocycles. The zero-order valence-electron chi connectivity index (χ0n) is 13.0. The molecule has 1 aromatic heterocycles. The highest BCUT2D eigenvalue weighted by Gasteiger charge is 2.08. The van der Waals surface area contributed by atoms with Crippen molar-refractivity contribution in [1.82, 2.24) is 10.3 Å². The molecule has 0 aliphatic heterocycles. The number of rotatable bonds is 7. The van der Waals surface area contributed by atoms with Crippen LogP contribution in [-0.2, 0) is 13.1 Å². The molecule has 4 heteroatoms. The average Bonchev–Trinajstić information content (AvgIpc) is 2.53. The second-order valence-corrected chi connectivity index (χ2v) is 4.94. The van der Waals surface area contributed by atoms with Crippen LogP contribution in [0.5, 0.6) is 5.75 Å². The number of benzene rings is 1. The lowest BCUT2D eigenvalue weighted by Gasteiger charge is -2.20. The van der Waals surface area contributed by atoms with Crippen LogP contribution in [-0.4, -0.2) is 25.7 Å². The minimum absolute atomic E-state index is 0.766. The van der Waals surface area contributed by atoms with Gasteiger partial charge in [0.1, 0.15) is 11.6 Å². The topological polar surface area (TPSA) is 37.4 Å². The number of nitrogens with one attached hydrogen (secondary N) is 1. The van der Waals surface area contributed by atoms with E-state index in [1.54, 1.807) is 7.11 Å². The Morgan fingerprint density at radius 2 is 1.95 bits per heavy atom. The van der Waals surface area contributed by atoms with Crippen molar-refractivity contribution in [2.45, 2.75) is 20.0 Å². The highest BCUT2D eigenvalue weighted by atomic mass is 16.5. The van der Waals surface area contributed by atoms with Crippen molar-refractivity contribution in [3.05, 3.63) is 53.7 Å². The van der Waals surface area contributed by atoms with Gasteiger partial charge in [0.25, 0.3) is 0 Å². The van der Waals surface area contributed by atoms with Gasteiger partial charge < -0.3 is 15.0 Å². The molecule has 0 amide bonds. The number of pyridine rings is 1. The molecule has 1 aromatic carbocycles. The third-order valence-electron chi connectivity index (χ3n) is 3.34. The van der Waals surface area contributed by atoms with Gasteiger partial charge in [0.05, 0.1) is 12.8 Å². The molecule has 2 aromatic rings. The first-order valence-corrected chi connectivity index (χ1v) is 7.24. The number of hydrogen-bond acceptors (Lipinski definition) is 4. The summed E-state index contributed by atoms with van der Waals surface area (Å²) in [4.78, 5) is 6.82. The summed E-state index contributed by atoms with van der Waals surface area (Å²) in [5, 5.41) is 3.30. The van der Waals surface area contributed by atoms with Gasteiger partial charge in [-0.1, -0.05) is 31.2 Å². The lowest BCUT2D eigenvalue weighted by atomic mass is 10.2. The SMILES string of the molecule is CCNCc1cccc(N(C)Cc2ccccc2OC)n1. The van der Waals surface area contributed by atoms with Gasteiger partial charge in [0, 0.05) is 25.7 Å². The maximum Gasteiger partial charge on any atom is 0.128 e. The molecule has 0 aliphatic carbocycles. The van der Waals surface area contributed by atoms with Crippen LogP contribution in [0.3, 0.4) is 0 Å². The van der Waals surface area contributed by atoms with E-state index in [9.17, 15) is 0 Å². The van der Waals surface area contributed by atoms with Gasteiger partial charge in [-0.2, -0.15) is 0 Å². The molecule has 0 saturated carbocycles. The molecule has 21 heavy (non-hydrogen) atoms. The fraction of sp³-hybridized carbons (Fsp3) is 0.353. The van der Waals surface area contributed by atoms with Gasteiger partial charge >= 0.3 is 0 Å². The van der Waals surface area contributed by atoms with Crippen LogP contribution in [0.2, 0.25) is 0 Å². The summed E-state index contributed by atoms with van der Waals surface area (Å²) >= 11 is 0. The number of ether oxygens (including phenoxy) is 1. The first-order chi connectivity index (χ1) is 10.2. The van der Waals surface area contributed by atoms with Gasteiger partial charge in [-0.3, -0.25) is 0 Å². The van der Waals surface area contributed by atoms with Crippen LogP contribution < -0.4 is 15.0 Å². The van der Waals surface area contributed by atoms with E-state index in [1.807, 2.05) is 43.4 Å². The Kier molecular flexibility index (Phi) is 5.58.